The molecule has 1 heterocycles. The van der Waals surface area contributed by atoms with Gasteiger partial charge >= 0.3 is 6.18 Å². The van der Waals surface area contributed by atoms with Crippen molar-refractivity contribution in [1.82, 2.24) is 9.97 Å². The van der Waals surface area contributed by atoms with Crippen LogP contribution in [0.5, 0.6) is 0 Å². The maximum Gasteiger partial charge on any atom is 0.451 e. The van der Waals surface area contributed by atoms with Crippen LogP contribution in [-0.2, 0) is 6.18 Å². The van der Waals surface area contributed by atoms with Gasteiger partial charge in [-0.05, 0) is 13.3 Å². The third-order valence-electron chi connectivity index (χ3n) is 2.21. The summed E-state index contributed by atoms with van der Waals surface area (Å²) in [4.78, 5) is 8.02. The summed E-state index contributed by atoms with van der Waals surface area (Å²) in [7, 11) is 1.57. The number of aromatic nitrogens is 2. The summed E-state index contributed by atoms with van der Waals surface area (Å²) in [6, 6.07) is 1.25. The molecule has 0 aromatic carbocycles. The molecule has 0 aliphatic rings. The molecule has 18 heavy (non-hydrogen) atoms. The summed E-state index contributed by atoms with van der Waals surface area (Å²) in [5, 5.41) is 8.85. The first kappa shape index (κ1) is 15.0. The fourth-order valence-electron chi connectivity index (χ4n) is 1.22. The lowest BCUT2D eigenvalue weighted by Gasteiger charge is -2.19. The van der Waals surface area contributed by atoms with Crippen molar-refractivity contribution in [2.24, 2.45) is 0 Å². The lowest BCUT2D eigenvalue weighted by Crippen LogP contribution is -2.24. The van der Waals surface area contributed by atoms with Gasteiger partial charge in [0.2, 0.25) is 5.82 Å². The zero-order chi connectivity index (χ0) is 13.9. The highest BCUT2D eigenvalue weighted by Crippen LogP contribution is 2.28. The Morgan fingerprint density at radius 1 is 1.44 bits per heavy atom. The van der Waals surface area contributed by atoms with E-state index < -0.39 is 18.1 Å². The Hall–Kier alpha value is -1.08. The van der Waals surface area contributed by atoms with Crippen molar-refractivity contribution in [2.75, 3.05) is 18.5 Å². The van der Waals surface area contributed by atoms with Crippen molar-refractivity contribution < 1.29 is 18.3 Å². The fraction of sp³-hybridized carbons (Fsp3) is 0.600. The summed E-state index contributed by atoms with van der Waals surface area (Å²) in [6.07, 6.45) is -4.75. The standard InChI is InChI=1S/C10H13ClF3N3O/c1-6(18)3-4-17(2)8-5-7(11)15-9(16-8)10(12,13)14/h5-6,18H,3-4H2,1-2H3. The summed E-state index contributed by atoms with van der Waals surface area (Å²) in [6.45, 7) is 1.96. The first-order chi connectivity index (χ1) is 8.20. The van der Waals surface area contributed by atoms with E-state index in [1.165, 1.54) is 11.0 Å². The average molecular weight is 284 g/mol. The summed E-state index contributed by atoms with van der Waals surface area (Å²) in [5.74, 6) is -1.20. The average Bonchev–Trinajstić information content (AvgIpc) is 2.23. The van der Waals surface area contributed by atoms with Crippen LogP contribution in [0.4, 0.5) is 19.0 Å². The molecule has 1 unspecified atom stereocenters. The van der Waals surface area contributed by atoms with Crippen LogP contribution < -0.4 is 4.90 Å². The normalized spacial score (nSPS) is 13.5. The molecule has 1 N–H and O–H groups in total. The second kappa shape index (κ2) is 5.71. The number of halogens is 4. The molecule has 4 nitrogen and oxygen atoms in total. The number of rotatable bonds is 4. The van der Waals surface area contributed by atoms with E-state index >= 15 is 0 Å². The van der Waals surface area contributed by atoms with E-state index in [1.807, 2.05) is 0 Å². The Balaban J connectivity index is 2.92. The molecule has 1 aromatic rings. The fourth-order valence-corrected chi connectivity index (χ4v) is 1.40. The third kappa shape index (κ3) is 4.30. The second-order valence-electron chi connectivity index (χ2n) is 3.93. The molecule has 1 aromatic heterocycles. The largest absolute Gasteiger partial charge is 0.451 e. The molecule has 8 heteroatoms. The van der Waals surface area contributed by atoms with E-state index in [1.54, 1.807) is 14.0 Å². The minimum absolute atomic E-state index is 0.0722. The van der Waals surface area contributed by atoms with Gasteiger partial charge in [-0.3, -0.25) is 0 Å². The topological polar surface area (TPSA) is 49.2 Å². The SMILES string of the molecule is CC(O)CCN(C)c1cc(Cl)nc(C(F)(F)F)n1. The predicted molar refractivity (Wildman–Crippen MR) is 61.6 cm³/mol. The Morgan fingerprint density at radius 2 is 2.06 bits per heavy atom. The van der Waals surface area contributed by atoms with E-state index in [2.05, 4.69) is 9.97 Å². The van der Waals surface area contributed by atoms with Crippen LogP contribution in [0.15, 0.2) is 6.07 Å². The number of aliphatic hydroxyl groups excluding tert-OH is 1. The van der Waals surface area contributed by atoms with Crippen molar-refractivity contribution in [2.45, 2.75) is 25.6 Å². The summed E-state index contributed by atoms with van der Waals surface area (Å²) in [5.41, 5.74) is 0. The maximum atomic E-state index is 12.5. The van der Waals surface area contributed by atoms with Crippen LogP contribution in [0.1, 0.15) is 19.2 Å². The van der Waals surface area contributed by atoms with E-state index in [9.17, 15) is 13.2 Å². The minimum Gasteiger partial charge on any atom is -0.393 e. The highest BCUT2D eigenvalue weighted by atomic mass is 35.5. The molecule has 0 bridgehead atoms. The number of hydrogen-bond donors (Lipinski definition) is 1. The smallest absolute Gasteiger partial charge is 0.393 e. The van der Waals surface area contributed by atoms with Crippen LogP contribution in [0, 0.1) is 0 Å². The molecule has 102 valence electrons. The Bertz CT molecular complexity index is 412. The summed E-state index contributed by atoms with van der Waals surface area (Å²) >= 11 is 5.54. The number of nitrogens with zero attached hydrogens (tertiary/aromatic N) is 3. The van der Waals surface area contributed by atoms with Crippen LogP contribution in [-0.4, -0.2) is 34.8 Å². The van der Waals surface area contributed by atoms with Crippen molar-refractivity contribution >= 4 is 17.4 Å². The highest BCUT2D eigenvalue weighted by Gasteiger charge is 2.35. The third-order valence-corrected chi connectivity index (χ3v) is 2.40. The van der Waals surface area contributed by atoms with E-state index in [-0.39, 0.29) is 11.0 Å². The molecule has 0 amide bonds. The van der Waals surface area contributed by atoms with Gasteiger partial charge in [0.1, 0.15) is 11.0 Å². The molecule has 0 aliphatic heterocycles. The monoisotopic (exact) mass is 283 g/mol. The zero-order valence-electron chi connectivity index (χ0n) is 9.87. The van der Waals surface area contributed by atoms with Crippen LogP contribution in [0.2, 0.25) is 5.15 Å². The maximum absolute atomic E-state index is 12.5. The Kier molecular flexibility index (Phi) is 4.75. The minimum atomic E-state index is -4.63. The zero-order valence-corrected chi connectivity index (χ0v) is 10.6. The van der Waals surface area contributed by atoms with E-state index in [0.29, 0.717) is 13.0 Å². The van der Waals surface area contributed by atoms with E-state index in [0.717, 1.165) is 0 Å². The van der Waals surface area contributed by atoms with Crippen LogP contribution in [0.3, 0.4) is 0 Å². The molecule has 0 fully saturated rings. The molecule has 0 radical (unpaired) electrons. The molecule has 0 aliphatic carbocycles. The molecule has 0 spiro atoms. The molecule has 1 atom stereocenters. The Labute approximate surface area is 107 Å². The number of alkyl halides is 3. The van der Waals surface area contributed by atoms with Crippen molar-refractivity contribution in [1.29, 1.82) is 0 Å². The van der Waals surface area contributed by atoms with Gasteiger partial charge in [0, 0.05) is 19.7 Å². The van der Waals surface area contributed by atoms with Crippen LogP contribution in [0.25, 0.3) is 0 Å². The lowest BCUT2D eigenvalue weighted by molar-refractivity contribution is -0.144. The van der Waals surface area contributed by atoms with Gasteiger partial charge in [-0.15, -0.1) is 0 Å². The first-order valence-electron chi connectivity index (χ1n) is 5.21. The highest BCUT2D eigenvalue weighted by molar-refractivity contribution is 6.29. The Morgan fingerprint density at radius 3 is 2.56 bits per heavy atom. The quantitative estimate of drug-likeness (QED) is 0.862. The molecule has 1 rings (SSSR count). The van der Waals surface area contributed by atoms with Crippen molar-refractivity contribution in [3.63, 3.8) is 0 Å². The first-order valence-corrected chi connectivity index (χ1v) is 5.59. The van der Waals surface area contributed by atoms with Gasteiger partial charge in [-0.25, -0.2) is 9.97 Å². The van der Waals surface area contributed by atoms with Crippen LogP contribution >= 0.6 is 11.6 Å². The van der Waals surface area contributed by atoms with Gasteiger partial charge < -0.3 is 10.0 Å². The number of aliphatic hydroxyl groups is 1. The van der Waals surface area contributed by atoms with Crippen molar-refractivity contribution in [3.8, 4) is 0 Å². The lowest BCUT2D eigenvalue weighted by atomic mass is 10.3. The molecule has 0 saturated heterocycles. The van der Waals surface area contributed by atoms with Gasteiger partial charge in [0.25, 0.3) is 0 Å². The molecular weight excluding hydrogens is 271 g/mol. The van der Waals surface area contributed by atoms with Crippen molar-refractivity contribution in [3.05, 3.63) is 17.0 Å². The summed E-state index contributed by atoms with van der Waals surface area (Å²) < 4.78 is 37.4. The molecular formula is C10H13ClF3N3O. The van der Waals surface area contributed by atoms with Gasteiger partial charge in [0.05, 0.1) is 6.10 Å². The van der Waals surface area contributed by atoms with Gasteiger partial charge in [0.15, 0.2) is 0 Å². The van der Waals surface area contributed by atoms with Gasteiger partial charge in [-0.2, -0.15) is 13.2 Å². The number of anilines is 1. The molecule has 0 saturated carbocycles. The number of hydrogen-bond acceptors (Lipinski definition) is 4. The second-order valence-corrected chi connectivity index (χ2v) is 4.32. The van der Waals surface area contributed by atoms with Gasteiger partial charge in [-0.1, -0.05) is 11.6 Å². The van der Waals surface area contributed by atoms with E-state index in [4.69, 9.17) is 16.7 Å². The predicted octanol–water partition coefficient (Wildman–Crippen LogP) is 2.36.